The van der Waals surface area contributed by atoms with Crippen molar-refractivity contribution in [1.29, 1.82) is 0 Å². The summed E-state index contributed by atoms with van der Waals surface area (Å²) in [6.45, 7) is -0.241. The van der Waals surface area contributed by atoms with Crippen molar-refractivity contribution < 1.29 is 23.8 Å². The molecule has 1 amide bonds. The maximum atomic E-state index is 14.0. The van der Waals surface area contributed by atoms with Gasteiger partial charge in [-0.2, -0.15) is 0 Å². The Kier molecular flexibility index (Phi) is 5.52. The lowest BCUT2D eigenvalue weighted by Gasteiger charge is -2.10. The van der Waals surface area contributed by atoms with Gasteiger partial charge in [-0.15, -0.1) is 0 Å². The minimum Gasteiger partial charge on any atom is -0.481 e. The largest absolute Gasteiger partial charge is 0.481 e. The van der Waals surface area contributed by atoms with Crippen LogP contribution in [-0.4, -0.2) is 23.7 Å². The van der Waals surface area contributed by atoms with Gasteiger partial charge in [0.1, 0.15) is 12.4 Å². The molecule has 0 aromatic heterocycles. The standard InChI is InChI=1S/C16H18FNO4/c17-14(12-7-4-8-13(12)15(19)20)9-18-16(21)22-10-11-5-2-1-3-6-11/h1-3,5-6,13H,4,7-10H2,(H,18,21)(H,19,20)/b14-12-/t13-/m1/s1. The van der Waals surface area contributed by atoms with E-state index in [1.165, 1.54) is 0 Å². The SMILES string of the molecule is O=C(NC/C(F)=C1\CCC[C@H]1C(=O)O)OCc1ccccc1. The summed E-state index contributed by atoms with van der Waals surface area (Å²) in [4.78, 5) is 22.5. The highest BCUT2D eigenvalue weighted by molar-refractivity contribution is 5.74. The fraction of sp³-hybridized carbons (Fsp3) is 0.375. The zero-order valence-electron chi connectivity index (χ0n) is 12.0. The molecule has 1 aliphatic carbocycles. The number of rotatable bonds is 5. The summed E-state index contributed by atoms with van der Waals surface area (Å²) in [6.07, 6.45) is 0.780. The highest BCUT2D eigenvalue weighted by Gasteiger charge is 2.30. The number of benzene rings is 1. The average molecular weight is 307 g/mol. The van der Waals surface area contributed by atoms with Crippen molar-refractivity contribution in [3.8, 4) is 0 Å². The maximum absolute atomic E-state index is 14.0. The molecule has 2 N–H and O–H groups in total. The number of carbonyl (C=O) groups is 2. The van der Waals surface area contributed by atoms with E-state index in [2.05, 4.69) is 5.32 Å². The predicted molar refractivity (Wildman–Crippen MR) is 77.7 cm³/mol. The normalized spacial score (nSPS) is 19.6. The molecule has 0 aliphatic heterocycles. The molecule has 0 heterocycles. The molecule has 22 heavy (non-hydrogen) atoms. The van der Waals surface area contributed by atoms with Gasteiger partial charge in [0.2, 0.25) is 0 Å². The molecular formula is C16H18FNO4. The van der Waals surface area contributed by atoms with E-state index in [9.17, 15) is 14.0 Å². The number of ether oxygens (including phenoxy) is 1. The minimum atomic E-state index is -1.02. The number of amides is 1. The molecule has 0 unspecified atom stereocenters. The molecule has 0 spiro atoms. The van der Waals surface area contributed by atoms with E-state index in [4.69, 9.17) is 9.84 Å². The molecule has 1 aromatic carbocycles. The lowest BCUT2D eigenvalue weighted by atomic mass is 10.0. The summed E-state index contributed by atoms with van der Waals surface area (Å²) in [5, 5.41) is 11.3. The van der Waals surface area contributed by atoms with Gasteiger partial charge in [0.25, 0.3) is 0 Å². The van der Waals surface area contributed by atoms with Crippen LogP contribution in [0.1, 0.15) is 24.8 Å². The molecule has 118 valence electrons. The van der Waals surface area contributed by atoms with Crippen molar-refractivity contribution in [1.82, 2.24) is 5.32 Å². The lowest BCUT2D eigenvalue weighted by Crippen LogP contribution is -2.26. The topological polar surface area (TPSA) is 75.6 Å². The van der Waals surface area contributed by atoms with Crippen molar-refractivity contribution in [2.75, 3.05) is 6.54 Å². The molecule has 2 rings (SSSR count). The Balaban J connectivity index is 1.81. The Bertz CT molecular complexity index is 571. The number of halogens is 1. The number of hydrogen-bond donors (Lipinski definition) is 2. The molecule has 6 heteroatoms. The van der Waals surface area contributed by atoms with E-state index in [1.54, 1.807) is 0 Å². The van der Waals surface area contributed by atoms with Crippen molar-refractivity contribution >= 4 is 12.1 Å². The molecule has 1 fully saturated rings. The number of carbonyl (C=O) groups excluding carboxylic acids is 1. The van der Waals surface area contributed by atoms with E-state index < -0.39 is 23.8 Å². The van der Waals surface area contributed by atoms with E-state index in [1.807, 2.05) is 30.3 Å². The van der Waals surface area contributed by atoms with Gasteiger partial charge in [-0.05, 0) is 30.4 Å². The summed E-state index contributed by atoms with van der Waals surface area (Å²) < 4.78 is 18.9. The molecule has 1 atom stereocenters. The third-order valence-corrected chi connectivity index (χ3v) is 3.61. The molecule has 0 bridgehead atoms. The minimum absolute atomic E-state index is 0.0998. The van der Waals surface area contributed by atoms with Crippen molar-refractivity contribution in [2.45, 2.75) is 25.9 Å². The number of nitrogens with one attached hydrogen (secondary N) is 1. The van der Waals surface area contributed by atoms with Gasteiger partial charge < -0.3 is 15.2 Å². The van der Waals surface area contributed by atoms with Crippen LogP contribution in [0.4, 0.5) is 9.18 Å². The molecule has 5 nitrogen and oxygen atoms in total. The zero-order valence-corrected chi connectivity index (χ0v) is 12.0. The van der Waals surface area contributed by atoms with Crippen molar-refractivity contribution in [3.05, 3.63) is 47.3 Å². The molecule has 1 aliphatic rings. The summed E-state index contributed by atoms with van der Waals surface area (Å²) >= 11 is 0. The molecule has 0 saturated heterocycles. The fourth-order valence-corrected chi connectivity index (χ4v) is 2.48. The first kappa shape index (κ1) is 16.0. The smallest absolute Gasteiger partial charge is 0.407 e. The van der Waals surface area contributed by atoms with Gasteiger partial charge in [-0.3, -0.25) is 4.79 Å². The zero-order chi connectivity index (χ0) is 15.9. The van der Waals surface area contributed by atoms with Crippen LogP contribution in [0.25, 0.3) is 0 Å². The number of aliphatic carboxylic acids is 1. The average Bonchev–Trinajstić information content (AvgIpc) is 3.01. The number of carboxylic acids is 1. The Hall–Kier alpha value is -2.37. The second kappa shape index (κ2) is 7.59. The number of alkyl carbamates (subject to hydrolysis) is 1. The molecule has 1 aromatic rings. The van der Waals surface area contributed by atoms with Crippen molar-refractivity contribution in [2.24, 2.45) is 5.92 Å². The van der Waals surface area contributed by atoms with E-state index >= 15 is 0 Å². The third kappa shape index (κ3) is 4.31. The summed E-state index contributed by atoms with van der Waals surface area (Å²) in [5.41, 5.74) is 1.11. The monoisotopic (exact) mass is 307 g/mol. The fourth-order valence-electron chi connectivity index (χ4n) is 2.48. The Labute approximate surface area is 127 Å². The van der Waals surface area contributed by atoms with Crippen LogP contribution in [0.3, 0.4) is 0 Å². The highest BCUT2D eigenvalue weighted by Crippen LogP contribution is 2.33. The van der Waals surface area contributed by atoms with Crippen molar-refractivity contribution in [3.63, 3.8) is 0 Å². The summed E-state index contributed by atoms with van der Waals surface area (Å²) in [6, 6.07) is 9.13. The maximum Gasteiger partial charge on any atom is 0.407 e. The van der Waals surface area contributed by atoms with Gasteiger partial charge in [0.15, 0.2) is 0 Å². The Morgan fingerprint density at radius 2 is 2.05 bits per heavy atom. The van der Waals surface area contributed by atoms with Crippen LogP contribution in [-0.2, 0) is 16.1 Å². The second-order valence-electron chi connectivity index (χ2n) is 5.13. The summed E-state index contributed by atoms with van der Waals surface area (Å²) in [7, 11) is 0. The van der Waals surface area contributed by atoms with E-state index in [-0.39, 0.29) is 18.7 Å². The van der Waals surface area contributed by atoms with Crippen LogP contribution < -0.4 is 5.32 Å². The van der Waals surface area contributed by atoms with Gasteiger partial charge in [0.05, 0.1) is 12.5 Å². The Morgan fingerprint density at radius 3 is 2.73 bits per heavy atom. The quantitative estimate of drug-likeness (QED) is 0.876. The molecule has 1 saturated carbocycles. The number of carboxylic acid groups (broad SMARTS) is 1. The van der Waals surface area contributed by atoms with E-state index in [0.29, 0.717) is 19.3 Å². The first-order chi connectivity index (χ1) is 10.6. The predicted octanol–water partition coefficient (Wildman–Crippen LogP) is 3.02. The lowest BCUT2D eigenvalue weighted by molar-refractivity contribution is -0.140. The van der Waals surface area contributed by atoms with Gasteiger partial charge in [-0.1, -0.05) is 30.3 Å². The molecular weight excluding hydrogens is 289 g/mol. The van der Waals surface area contributed by atoms with Crippen LogP contribution in [0.2, 0.25) is 0 Å². The van der Waals surface area contributed by atoms with Gasteiger partial charge in [0, 0.05) is 0 Å². The van der Waals surface area contributed by atoms with Gasteiger partial charge in [-0.25, -0.2) is 9.18 Å². The molecule has 0 radical (unpaired) electrons. The van der Waals surface area contributed by atoms with Crippen LogP contribution in [0.15, 0.2) is 41.7 Å². The van der Waals surface area contributed by atoms with Crippen LogP contribution in [0, 0.1) is 5.92 Å². The summed E-state index contributed by atoms with van der Waals surface area (Å²) in [5.74, 6) is -2.38. The first-order valence-electron chi connectivity index (χ1n) is 7.12. The van der Waals surface area contributed by atoms with Gasteiger partial charge >= 0.3 is 12.1 Å². The third-order valence-electron chi connectivity index (χ3n) is 3.61. The Morgan fingerprint density at radius 1 is 1.32 bits per heavy atom. The highest BCUT2D eigenvalue weighted by atomic mass is 19.1. The van der Waals surface area contributed by atoms with Crippen LogP contribution >= 0.6 is 0 Å². The van der Waals surface area contributed by atoms with E-state index in [0.717, 1.165) is 5.56 Å². The first-order valence-corrected chi connectivity index (χ1v) is 7.12. The second-order valence-corrected chi connectivity index (χ2v) is 5.13. The van der Waals surface area contributed by atoms with Crippen LogP contribution in [0.5, 0.6) is 0 Å². The number of hydrogen-bond acceptors (Lipinski definition) is 3.